The normalized spacial score (nSPS) is 12.7. The molecule has 182 valence electrons. The Morgan fingerprint density at radius 2 is 1.89 bits per heavy atom. The number of rotatable bonds is 10. The Morgan fingerprint density at radius 3 is 2.51 bits per heavy atom. The zero-order valence-corrected chi connectivity index (χ0v) is 20.1. The van der Waals surface area contributed by atoms with E-state index in [0.29, 0.717) is 41.6 Å². The minimum atomic E-state index is -1.51. The van der Waals surface area contributed by atoms with E-state index in [-0.39, 0.29) is 23.1 Å². The fraction of sp³-hybridized carbons (Fsp3) is 0.269. The fourth-order valence-electron chi connectivity index (χ4n) is 3.91. The van der Waals surface area contributed by atoms with Crippen molar-refractivity contribution < 1.29 is 19.2 Å². The van der Waals surface area contributed by atoms with Crippen molar-refractivity contribution in [1.82, 2.24) is 4.90 Å². The summed E-state index contributed by atoms with van der Waals surface area (Å²) in [7, 11) is 3.86. The predicted molar refractivity (Wildman–Crippen MR) is 131 cm³/mol. The summed E-state index contributed by atoms with van der Waals surface area (Å²) in [4.78, 5) is 12.8. The highest BCUT2D eigenvalue weighted by Gasteiger charge is 2.34. The van der Waals surface area contributed by atoms with Gasteiger partial charge in [0.25, 0.3) is 0 Å². The fourth-order valence-corrected chi connectivity index (χ4v) is 4.07. The number of hydrogen-bond donors (Lipinski definition) is 1. The van der Waals surface area contributed by atoms with E-state index in [4.69, 9.17) is 16.3 Å². The Morgan fingerprint density at radius 1 is 1.17 bits per heavy atom. The average Bonchev–Trinajstić information content (AvgIpc) is 2.83. The number of nitro groups is 1. The lowest BCUT2D eigenvalue weighted by Crippen LogP contribution is -2.30. The Bertz CT molecular complexity index is 1240. The van der Waals surface area contributed by atoms with Crippen LogP contribution >= 0.6 is 11.6 Å². The van der Waals surface area contributed by atoms with Crippen LogP contribution in [0.5, 0.6) is 5.75 Å². The molecular weight excluding hydrogens is 473 g/mol. The molecule has 0 aromatic heterocycles. The van der Waals surface area contributed by atoms with Crippen LogP contribution in [0.3, 0.4) is 0 Å². The third-order valence-corrected chi connectivity index (χ3v) is 5.88. The third-order valence-electron chi connectivity index (χ3n) is 5.65. The second-order valence-electron chi connectivity index (χ2n) is 8.42. The van der Waals surface area contributed by atoms with E-state index >= 15 is 0 Å². The smallest absolute Gasteiger partial charge is 0.312 e. The molecule has 3 aromatic rings. The summed E-state index contributed by atoms with van der Waals surface area (Å²) in [6.45, 7) is 0.563. The van der Waals surface area contributed by atoms with Crippen molar-refractivity contribution in [2.24, 2.45) is 0 Å². The van der Waals surface area contributed by atoms with Gasteiger partial charge in [-0.25, -0.2) is 4.39 Å². The van der Waals surface area contributed by atoms with E-state index in [1.165, 1.54) is 42.5 Å². The topological polar surface area (TPSA) is 99.6 Å². The first-order chi connectivity index (χ1) is 16.6. The van der Waals surface area contributed by atoms with Crippen molar-refractivity contribution in [2.75, 3.05) is 20.6 Å². The van der Waals surface area contributed by atoms with Gasteiger partial charge in [0.2, 0.25) is 0 Å². The molecule has 0 aliphatic rings. The first-order valence-electron chi connectivity index (χ1n) is 10.9. The quantitative estimate of drug-likeness (QED) is 0.297. The van der Waals surface area contributed by atoms with Crippen molar-refractivity contribution >= 4 is 17.3 Å². The van der Waals surface area contributed by atoms with Gasteiger partial charge < -0.3 is 14.7 Å². The molecule has 0 spiro atoms. The van der Waals surface area contributed by atoms with Crippen molar-refractivity contribution in [3.63, 3.8) is 0 Å². The molecule has 9 heteroatoms. The molecule has 3 rings (SSSR count). The van der Waals surface area contributed by atoms with Crippen LogP contribution in [0.4, 0.5) is 10.1 Å². The zero-order valence-electron chi connectivity index (χ0n) is 19.4. The maximum Gasteiger partial charge on any atom is 0.312 e. The summed E-state index contributed by atoms with van der Waals surface area (Å²) >= 11 is 5.89. The molecular formula is C26H25ClFN3O4. The summed E-state index contributed by atoms with van der Waals surface area (Å²) in [5.74, 6) is -0.423. The highest BCUT2D eigenvalue weighted by Crippen LogP contribution is 2.38. The summed E-state index contributed by atoms with van der Waals surface area (Å²) < 4.78 is 19.4. The first-order valence-corrected chi connectivity index (χ1v) is 11.2. The van der Waals surface area contributed by atoms with Crippen molar-refractivity contribution in [3.05, 3.63) is 104 Å². The number of halogens is 2. The average molecular weight is 498 g/mol. The summed E-state index contributed by atoms with van der Waals surface area (Å²) in [5.41, 5.74) is -0.0324. The van der Waals surface area contributed by atoms with E-state index < -0.39 is 16.3 Å². The lowest BCUT2D eigenvalue weighted by molar-refractivity contribution is -0.385. The molecule has 0 saturated carbocycles. The van der Waals surface area contributed by atoms with Gasteiger partial charge in [0.05, 0.1) is 16.6 Å². The van der Waals surface area contributed by atoms with Crippen LogP contribution < -0.4 is 4.74 Å². The number of hydrogen-bond acceptors (Lipinski definition) is 6. The molecule has 1 N–H and O–H groups in total. The third kappa shape index (κ3) is 6.34. The summed E-state index contributed by atoms with van der Waals surface area (Å²) in [6, 6.07) is 16.6. The summed E-state index contributed by atoms with van der Waals surface area (Å²) in [6.07, 6.45) is 0.945. The molecule has 0 saturated heterocycles. The Labute approximate surface area is 208 Å². The Balaban J connectivity index is 2.05. The standard InChI is InChI=1S/C26H25ClFN3O4/c1-30(2)13-3-12-26(32,20-5-8-22(28)9-6-20)23-10-4-18(16-29)14-19(23)17-35-25-11-7-21(27)15-24(25)31(33)34/h4-11,14-15,32H,3,12-13,17H2,1-2H3/t26-/m0/s1. The maximum atomic E-state index is 13.6. The van der Waals surface area contributed by atoms with Gasteiger partial charge in [-0.05, 0) is 86.6 Å². The molecule has 35 heavy (non-hydrogen) atoms. The minimum Gasteiger partial charge on any atom is -0.482 e. The Kier molecular flexibility index (Phi) is 8.41. The molecule has 3 aromatic carbocycles. The molecule has 0 amide bonds. The van der Waals surface area contributed by atoms with Gasteiger partial charge in [0, 0.05) is 11.1 Å². The van der Waals surface area contributed by atoms with Gasteiger partial charge in [-0.2, -0.15) is 5.26 Å². The monoisotopic (exact) mass is 497 g/mol. The van der Waals surface area contributed by atoms with Crippen LogP contribution in [0.15, 0.2) is 60.7 Å². The number of nitro benzene ring substituents is 1. The zero-order chi connectivity index (χ0) is 25.6. The molecule has 0 bridgehead atoms. The number of ether oxygens (including phenoxy) is 1. The second kappa shape index (κ2) is 11.3. The number of nitrogens with zero attached hydrogens (tertiary/aromatic N) is 3. The SMILES string of the molecule is CN(C)CCC[C@](O)(c1ccc(F)cc1)c1ccc(C#N)cc1COc1ccc(Cl)cc1[N+](=O)[O-]. The number of aliphatic hydroxyl groups is 1. The van der Waals surface area contributed by atoms with Crippen molar-refractivity contribution in [3.8, 4) is 11.8 Å². The van der Waals surface area contributed by atoms with Gasteiger partial charge in [-0.3, -0.25) is 10.1 Å². The first kappa shape index (κ1) is 26.1. The van der Waals surface area contributed by atoms with Crippen LogP contribution in [-0.2, 0) is 12.2 Å². The van der Waals surface area contributed by atoms with Crippen molar-refractivity contribution in [1.29, 1.82) is 5.26 Å². The van der Waals surface area contributed by atoms with Crippen molar-refractivity contribution in [2.45, 2.75) is 25.0 Å². The molecule has 0 unspecified atom stereocenters. The highest BCUT2D eigenvalue weighted by molar-refractivity contribution is 6.30. The largest absolute Gasteiger partial charge is 0.482 e. The van der Waals surface area contributed by atoms with Gasteiger partial charge in [0.1, 0.15) is 18.0 Å². The molecule has 0 fully saturated rings. The highest BCUT2D eigenvalue weighted by atomic mass is 35.5. The Hall–Kier alpha value is -3.51. The maximum absolute atomic E-state index is 13.6. The van der Waals surface area contributed by atoms with Crippen LogP contribution in [0, 0.1) is 27.3 Å². The second-order valence-corrected chi connectivity index (χ2v) is 8.85. The van der Waals surface area contributed by atoms with Crippen LogP contribution in [0.2, 0.25) is 5.02 Å². The lowest BCUT2D eigenvalue weighted by Gasteiger charge is -2.32. The molecule has 7 nitrogen and oxygen atoms in total. The van der Waals surface area contributed by atoms with Gasteiger partial charge >= 0.3 is 5.69 Å². The van der Waals surface area contributed by atoms with Gasteiger partial charge in [0.15, 0.2) is 5.75 Å². The van der Waals surface area contributed by atoms with Gasteiger partial charge in [-0.15, -0.1) is 0 Å². The lowest BCUT2D eigenvalue weighted by atomic mass is 9.80. The molecule has 0 heterocycles. The minimum absolute atomic E-state index is 0.00522. The molecule has 0 aliphatic heterocycles. The van der Waals surface area contributed by atoms with Crippen LogP contribution in [-0.4, -0.2) is 35.6 Å². The van der Waals surface area contributed by atoms with E-state index in [9.17, 15) is 24.9 Å². The van der Waals surface area contributed by atoms with E-state index in [2.05, 4.69) is 6.07 Å². The summed E-state index contributed by atoms with van der Waals surface area (Å²) in [5, 5.41) is 33.1. The number of nitriles is 1. The van der Waals surface area contributed by atoms with Crippen LogP contribution in [0.1, 0.15) is 35.1 Å². The van der Waals surface area contributed by atoms with Crippen LogP contribution in [0.25, 0.3) is 0 Å². The van der Waals surface area contributed by atoms with E-state index in [0.717, 1.165) is 0 Å². The van der Waals surface area contributed by atoms with E-state index in [1.807, 2.05) is 19.0 Å². The molecule has 0 radical (unpaired) electrons. The molecule has 0 aliphatic carbocycles. The van der Waals surface area contributed by atoms with Gasteiger partial charge in [-0.1, -0.05) is 29.8 Å². The number of benzene rings is 3. The molecule has 1 atom stereocenters. The van der Waals surface area contributed by atoms with E-state index in [1.54, 1.807) is 18.2 Å². The predicted octanol–water partition coefficient (Wildman–Crippen LogP) is 5.42.